The largest absolute Gasteiger partial charge is 0.268 e. The van der Waals surface area contributed by atoms with E-state index in [2.05, 4.69) is 18.9 Å². The Kier molecular flexibility index (Phi) is 5.55. The van der Waals surface area contributed by atoms with Crippen molar-refractivity contribution in [2.75, 3.05) is 0 Å². The maximum Gasteiger partial charge on any atom is 0.241 e. The zero-order valence-electron chi connectivity index (χ0n) is 12.3. The lowest BCUT2D eigenvalue weighted by Crippen LogP contribution is -2.16. The topological polar surface area (TPSA) is 78.0 Å². The number of rotatable bonds is 7. The molecule has 0 radical (unpaired) electrons. The molecule has 0 aliphatic rings. The number of hydrogen-bond donors (Lipinski definition) is 1. The van der Waals surface area contributed by atoms with Crippen molar-refractivity contribution in [3.63, 3.8) is 0 Å². The molecule has 2 N–H and O–H groups in total. The molecule has 0 unspecified atom stereocenters. The number of nitrogens with zero attached hydrogens (tertiary/aromatic N) is 2. The number of nitrogens with two attached hydrogens (primary N) is 1. The van der Waals surface area contributed by atoms with E-state index in [4.69, 9.17) is 5.14 Å². The molecule has 0 saturated carbocycles. The molecule has 1 aromatic heterocycles. The molecule has 0 saturated heterocycles. The standard InChI is InChI=1S/C13H25N3O2S/c1-5-11-13(19(14,17)18)12(6-2)16(15-11)9-7-8-10(3)4/h10H,5-9H2,1-4H3,(H2,14,17,18). The molecular formula is C13H25N3O2S. The molecule has 0 spiro atoms. The molecule has 110 valence electrons. The van der Waals surface area contributed by atoms with Crippen LogP contribution in [0, 0.1) is 5.92 Å². The van der Waals surface area contributed by atoms with E-state index in [9.17, 15) is 8.42 Å². The summed E-state index contributed by atoms with van der Waals surface area (Å²) in [6, 6.07) is 0. The fourth-order valence-corrected chi connectivity index (χ4v) is 3.36. The summed E-state index contributed by atoms with van der Waals surface area (Å²) >= 11 is 0. The van der Waals surface area contributed by atoms with Gasteiger partial charge < -0.3 is 0 Å². The molecule has 5 nitrogen and oxygen atoms in total. The third-order valence-corrected chi connectivity index (χ3v) is 4.22. The Balaban J connectivity index is 3.09. The van der Waals surface area contributed by atoms with Gasteiger partial charge in [0.25, 0.3) is 0 Å². The lowest BCUT2D eigenvalue weighted by Gasteiger charge is -2.08. The smallest absolute Gasteiger partial charge is 0.241 e. The second kappa shape index (κ2) is 6.52. The fourth-order valence-electron chi connectivity index (χ4n) is 2.27. The summed E-state index contributed by atoms with van der Waals surface area (Å²) in [5, 5.41) is 9.74. The minimum atomic E-state index is -3.69. The van der Waals surface area contributed by atoms with Gasteiger partial charge >= 0.3 is 0 Å². The Morgan fingerprint density at radius 1 is 1.26 bits per heavy atom. The monoisotopic (exact) mass is 287 g/mol. The predicted octanol–water partition coefficient (Wildman–Crippen LogP) is 2.09. The summed E-state index contributed by atoms with van der Waals surface area (Å²) in [7, 11) is -3.69. The maximum absolute atomic E-state index is 11.7. The van der Waals surface area contributed by atoms with Gasteiger partial charge in [0, 0.05) is 6.54 Å². The molecule has 6 heteroatoms. The van der Waals surface area contributed by atoms with Gasteiger partial charge in [-0.3, -0.25) is 4.68 Å². The first-order valence-electron chi connectivity index (χ1n) is 6.92. The molecule has 0 atom stereocenters. The van der Waals surface area contributed by atoms with E-state index in [1.165, 1.54) is 0 Å². The van der Waals surface area contributed by atoms with Crippen LogP contribution in [-0.2, 0) is 29.4 Å². The predicted molar refractivity (Wildman–Crippen MR) is 76.4 cm³/mol. The van der Waals surface area contributed by atoms with Crippen molar-refractivity contribution in [2.45, 2.75) is 64.8 Å². The van der Waals surface area contributed by atoms with Crippen molar-refractivity contribution in [1.82, 2.24) is 9.78 Å². The molecule has 0 aromatic carbocycles. The van der Waals surface area contributed by atoms with Gasteiger partial charge in [-0.05, 0) is 31.6 Å². The third-order valence-electron chi connectivity index (χ3n) is 3.18. The number of aromatic nitrogens is 2. The molecule has 0 bridgehead atoms. The van der Waals surface area contributed by atoms with Crippen LogP contribution in [0.5, 0.6) is 0 Å². The van der Waals surface area contributed by atoms with Crippen molar-refractivity contribution in [2.24, 2.45) is 11.1 Å². The summed E-state index contributed by atoms with van der Waals surface area (Å²) in [6.45, 7) is 8.94. The van der Waals surface area contributed by atoms with E-state index in [0.717, 1.165) is 25.1 Å². The highest BCUT2D eigenvalue weighted by Crippen LogP contribution is 2.21. The van der Waals surface area contributed by atoms with Crippen molar-refractivity contribution in [1.29, 1.82) is 0 Å². The van der Waals surface area contributed by atoms with Gasteiger partial charge in [-0.1, -0.05) is 27.7 Å². The van der Waals surface area contributed by atoms with E-state index in [1.54, 1.807) is 0 Å². The van der Waals surface area contributed by atoms with Crippen LogP contribution in [0.25, 0.3) is 0 Å². The average Bonchev–Trinajstić information content (AvgIpc) is 2.66. The summed E-state index contributed by atoms with van der Waals surface area (Å²) in [5.41, 5.74) is 1.33. The van der Waals surface area contributed by atoms with Crippen LogP contribution in [0.4, 0.5) is 0 Å². The molecule has 0 aliphatic carbocycles. The lowest BCUT2D eigenvalue weighted by atomic mass is 10.1. The average molecular weight is 287 g/mol. The normalized spacial score (nSPS) is 12.3. The van der Waals surface area contributed by atoms with Gasteiger partial charge in [0.2, 0.25) is 10.0 Å². The second-order valence-corrected chi connectivity index (χ2v) is 6.73. The first-order valence-corrected chi connectivity index (χ1v) is 8.47. The lowest BCUT2D eigenvalue weighted by molar-refractivity contribution is 0.478. The van der Waals surface area contributed by atoms with Gasteiger partial charge in [-0.15, -0.1) is 0 Å². The minimum absolute atomic E-state index is 0.238. The second-order valence-electron chi connectivity index (χ2n) is 5.23. The van der Waals surface area contributed by atoms with E-state index in [-0.39, 0.29) is 4.90 Å². The van der Waals surface area contributed by atoms with Crippen LogP contribution in [0.15, 0.2) is 4.90 Å². The molecule has 1 heterocycles. The minimum Gasteiger partial charge on any atom is -0.268 e. The van der Waals surface area contributed by atoms with Crippen LogP contribution < -0.4 is 5.14 Å². The van der Waals surface area contributed by atoms with Crippen LogP contribution in [-0.4, -0.2) is 18.2 Å². The van der Waals surface area contributed by atoms with Crippen molar-refractivity contribution in [3.05, 3.63) is 11.4 Å². The van der Waals surface area contributed by atoms with Crippen LogP contribution in [0.2, 0.25) is 0 Å². The molecule has 1 aromatic rings. The Bertz CT molecular complexity index is 518. The van der Waals surface area contributed by atoms with Crippen LogP contribution in [0.1, 0.15) is 51.9 Å². The Hall–Kier alpha value is -0.880. The zero-order chi connectivity index (χ0) is 14.6. The van der Waals surface area contributed by atoms with Gasteiger partial charge in [0.1, 0.15) is 4.90 Å². The summed E-state index contributed by atoms with van der Waals surface area (Å²) < 4.78 is 25.2. The highest BCUT2D eigenvalue weighted by molar-refractivity contribution is 7.89. The molecular weight excluding hydrogens is 262 g/mol. The Morgan fingerprint density at radius 3 is 2.32 bits per heavy atom. The van der Waals surface area contributed by atoms with Crippen LogP contribution >= 0.6 is 0 Å². The molecule has 0 amide bonds. The van der Waals surface area contributed by atoms with Crippen molar-refractivity contribution < 1.29 is 8.42 Å². The Morgan fingerprint density at radius 2 is 1.89 bits per heavy atom. The number of sulfonamides is 1. The van der Waals surface area contributed by atoms with Gasteiger partial charge in [-0.25, -0.2) is 13.6 Å². The molecule has 0 aliphatic heterocycles. The van der Waals surface area contributed by atoms with Gasteiger partial charge in [0.15, 0.2) is 0 Å². The van der Waals surface area contributed by atoms with E-state index >= 15 is 0 Å². The number of primary sulfonamides is 1. The fraction of sp³-hybridized carbons (Fsp3) is 0.769. The van der Waals surface area contributed by atoms with E-state index in [1.807, 2.05) is 18.5 Å². The highest BCUT2D eigenvalue weighted by Gasteiger charge is 2.23. The van der Waals surface area contributed by atoms with E-state index < -0.39 is 10.0 Å². The molecule has 19 heavy (non-hydrogen) atoms. The van der Waals surface area contributed by atoms with Gasteiger partial charge in [0.05, 0.1) is 11.4 Å². The first kappa shape index (κ1) is 16.2. The SMILES string of the molecule is CCc1nn(CCCC(C)C)c(CC)c1S(N)(=O)=O. The number of aryl methyl sites for hydroxylation is 2. The summed E-state index contributed by atoms with van der Waals surface area (Å²) in [4.78, 5) is 0.238. The highest BCUT2D eigenvalue weighted by atomic mass is 32.2. The van der Waals surface area contributed by atoms with Crippen molar-refractivity contribution in [3.8, 4) is 0 Å². The van der Waals surface area contributed by atoms with Crippen molar-refractivity contribution >= 4 is 10.0 Å². The first-order chi connectivity index (χ1) is 8.81. The quantitative estimate of drug-likeness (QED) is 0.834. The number of hydrogen-bond acceptors (Lipinski definition) is 3. The third kappa shape index (κ3) is 4.04. The molecule has 0 fully saturated rings. The Labute approximate surface area is 116 Å². The summed E-state index contributed by atoms with van der Waals surface area (Å²) in [5.74, 6) is 0.643. The van der Waals surface area contributed by atoms with Crippen LogP contribution in [0.3, 0.4) is 0 Å². The summed E-state index contributed by atoms with van der Waals surface area (Å²) in [6.07, 6.45) is 3.31. The zero-order valence-corrected chi connectivity index (χ0v) is 13.1. The molecule has 1 rings (SSSR count). The maximum atomic E-state index is 11.7. The van der Waals surface area contributed by atoms with E-state index in [0.29, 0.717) is 24.5 Å². The van der Waals surface area contributed by atoms with Gasteiger partial charge in [-0.2, -0.15) is 5.10 Å².